The third-order valence-electron chi connectivity index (χ3n) is 11.8. The average Bonchev–Trinajstić information content (AvgIpc) is 3.85. The second kappa shape index (κ2) is 14.1. The average molecular weight is 757 g/mol. The van der Waals surface area contributed by atoms with Gasteiger partial charge in [-0.1, -0.05) is 146 Å². The lowest BCUT2D eigenvalue weighted by Crippen LogP contribution is -2.13. The Bertz CT molecular complexity index is 3210. The molecule has 0 saturated carbocycles. The highest BCUT2D eigenvalue weighted by molar-refractivity contribution is 6.18. The van der Waals surface area contributed by atoms with Crippen LogP contribution in [0.5, 0.6) is 0 Å². The van der Waals surface area contributed by atoms with Crippen LogP contribution in [-0.4, -0.2) is 4.57 Å². The van der Waals surface area contributed by atoms with Gasteiger partial charge in [0.15, 0.2) is 0 Å². The smallest absolute Gasteiger partial charge is 0.145 e. The first kappa shape index (κ1) is 34.6. The van der Waals surface area contributed by atoms with Crippen LogP contribution in [0.4, 0.5) is 17.1 Å². The lowest BCUT2D eigenvalue weighted by Gasteiger charge is -2.30. The molecule has 0 aliphatic rings. The van der Waals surface area contributed by atoms with Crippen LogP contribution in [0, 0.1) is 13.8 Å². The van der Waals surface area contributed by atoms with Gasteiger partial charge in [0.2, 0.25) is 0 Å². The van der Waals surface area contributed by atoms with E-state index in [2.05, 4.69) is 230 Å². The van der Waals surface area contributed by atoms with Gasteiger partial charge >= 0.3 is 0 Å². The fourth-order valence-electron chi connectivity index (χ4n) is 9.11. The summed E-state index contributed by atoms with van der Waals surface area (Å²) in [5.74, 6) is 0. The zero-order valence-electron chi connectivity index (χ0n) is 32.9. The molecule has 0 saturated heterocycles. The highest BCUT2D eigenvalue weighted by Crippen LogP contribution is 2.49. The lowest BCUT2D eigenvalue weighted by molar-refractivity contribution is 0.670. The molecule has 3 nitrogen and oxygen atoms in total. The summed E-state index contributed by atoms with van der Waals surface area (Å²) in [4.78, 5) is 2.45. The van der Waals surface area contributed by atoms with Crippen LogP contribution >= 0.6 is 0 Å². The molecule has 0 amide bonds. The second-order valence-corrected chi connectivity index (χ2v) is 15.4. The van der Waals surface area contributed by atoms with Crippen molar-refractivity contribution in [2.75, 3.05) is 4.90 Å². The lowest BCUT2D eigenvalue weighted by atomic mass is 9.96. The molecule has 0 unspecified atom stereocenters. The highest BCUT2D eigenvalue weighted by Gasteiger charge is 2.26. The molecule has 0 aliphatic heterocycles. The maximum atomic E-state index is 7.03. The van der Waals surface area contributed by atoms with Crippen molar-refractivity contribution in [3.05, 3.63) is 217 Å². The van der Waals surface area contributed by atoms with Crippen LogP contribution in [-0.2, 0) is 0 Å². The molecule has 0 fully saturated rings. The van der Waals surface area contributed by atoms with Crippen LogP contribution in [0.3, 0.4) is 0 Å². The zero-order chi connectivity index (χ0) is 39.5. The Morgan fingerprint density at radius 1 is 0.390 bits per heavy atom. The van der Waals surface area contributed by atoms with Crippen molar-refractivity contribution in [2.45, 2.75) is 13.8 Å². The number of fused-ring (bicyclic) bond motifs is 6. The summed E-state index contributed by atoms with van der Waals surface area (Å²) in [7, 11) is 0. The Morgan fingerprint density at radius 3 is 1.47 bits per heavy atom. The molecule has 3 heteroatoms. The van der Waals surface area contributed by atoms with Crippen molar-refractivity contribution in [2.24, 2.45) is 0 Å². The monoisotopic (exact) mass is 756 g/mol. The number of anilines is 3. The first-order chi connectivity index (χ1) is 29.1. The largest absolute Gasteiger partial charge is 0.455 e. The Morgan fingerprint density at radius 2 is 0.881 bits per heavy atom. The first-order valence-corrected chi connectivity index (χ1v) is 20.3. The summed E-state index contributed by atoms with van der Waals surface area (Å²) >= 11 is 0. The minimum Gasteiger partial charge on any atom is -0.455 e. The van der Waals surface area contributed by atoms with Gasteiger partial charge in [-0.05, 0) is 108 Å². The standard InChI is InChI=1S/C56H40N2O/c1-37-35-41(39-17-5-3-6-18-39)29-32-48(37)57(49-33-30-42(36-38(49)2)40-19-7-4-8-20-40)53-34-31-46(56-55(53)47-24-12-16-28-54(47)59-56)45-23-11-15-27-52(45)58-50-25-13-9-21-43(50)44-22-10-14-26-51(44)58/h3-36H,1-2H3. The molecule has 11 aromatic rings. The molecule has 0 bridgehead atoms. The van der Waals surface area contributed by atoms with Crippen LogP contribution in [0.2, 0.25) is 0 Å². The van der Waals surface area contributed by atoms with E-state index in [4.69, 9.17) is 4.42 Å². The molecule has 9 aromatic carbocycles. The Labute approximate surface area is 343 Å². The van der Waals surface area contributed by atoms with E-state index in [9.17, 15) is 0 Å². The van der Waals surface area contributed by atoms with Gasteiger partial charge in [-0.15, -0.1) is 0 Å². The molecule has 0 atom stereocenters. The molecule has 0 spiro atoms. The molecule has 59 heavy (non-hydrogen) atoms. The molecule has 11 rings (SSSR count). The van der Waals surface area contributed by atoms with E-state index in [1.54, 1.807) is 0 Å². The van der Waals surface area contributed by atoms with Crippen molar-refractivity contribution in [1.29, 1.82) is 0 Å². The van der Waals surface area contributed by atoms with E-state index in [1.807, 2.05) is 0 Å². The number of nitrogens with zero attached hydrogens (tertiary/aromatic N) is 2. The highest BCUT2D eigenvalue weighted by atomic mass is 16.3. The maximum absolute atomic E-state index is 7.03. The summed E-state index contributed by atoms with van der Waals surface area (Å²) in [5.41, 5.74) is 17.8. The second-order valence-electron chi connectivity index (χ2n) is 15.4. The molecule has 0 radical (unpaired) electrons. The van der Waals surface area contributed by atoms with E-state index in [0.717, 1.165) is 55.8 Å². The van der Waals surface area contributed by atoms with Gasteiger partial charge in [-0.25, -0.2) is 0 Å². The van der Waals surface area contributed by atoms with E-state index >= 15 is 0 Å². The van der Waals surface area contributed by atoms with Crippen LogP contribution in [0.25, 0.3) is 82.8 Å². The predicted molar refractivity (Wildman–Crippen MR) is 249 cm³/mol. The van der Waals surface area contributed by atoms with E-state index in [0.29, 0.717) is 0 Å². The summed E-state index contributed by atoms with van der Waals surface area (Å²) in [6, 6.07) is 74.1. The number of rotatable bonds is 7. The number of aromatic nitrogens is 1. The van der Waals surface area contributed by atoms with Crippen molar-refractivity contribution in [3.8, 4) is 39.1 Å². The minimum absolute atomic E-state index is 0.859. The van der Waals surface area contributed by atoms with Crippen molar-refractivity contribution >= 4 is 60.8 Å². The van der Waals surface area contributed by atoms with Crippen molar-refractivity contribution in [3.63, 3.8) is 0 Å². The van der Waals surface area contributed by atoms with E-state index in [-0.39, 0.29) is 0 Å². The molecule has 0 N–H and O–H groups in total. The summed E-state index contributed by atoms with van der Waals surface area (Å²) in [6.07, 6.45) is 0. The zero-order valence-corrected chi connectivity index (χ0v) is 32.9. The fourth-order valence-corrected chi connectivity index (χ4v) is 9.11. The minimum atomic E-state index is 0.859. The summed E-state index contributed by atoms with van der Waals surface area (Å²) < 4.78 is 9.43. The number of benzene rings is 9. The normalized spacial score (nSPS) is 11.6. The van der Waals surface area contributed by atoms with E-state index < -0.39 is 0 Å². The molecular weight excluding hydrogens is 717 g/mol. The topological polar surface area (TPSA) is 21.3 Å². The van der Waals surface area contributed by atoms with E-state index in [1.165, 1.54) is 55.2 Å². The number of aryl methyl sites for hydroxylation is 2. The first-order valence-electron chi connectivity index (χ1n) is 20.3. The van der Waals surface area contributed by atoms with Crippen LogP contribution in [0.1, 0.15) is 11.1 Å². The van der Waals surface area contributed by atoms with Gasteiger partial charge in [0, 0.05) is 38.7 Å². The molecule has 2 heterocycles. The van der Waals surface area contributed by atoms with Gasteiger partial charge in [0.25, 0.3) is 0 Å². The third-order valence-corrected chi connectivity index (χ3v) is 11.8. The Kier molecular flexibility index (Phi) is 8.27. The number of hydrogen-bond acceptors (Lipinski definition) is 2. The quantitative estimate of drug-likeness (QED) is 0.161. The SMILES string of the molecule is Cc1cc(-c2ccccc2)ccc1N(c1ccc(-c2ccccc2)cc1C)c1ccc(-c2ccccc2-n2c3ccccc3c3ccccc32)c2oc3ccccc3c12. The number of furan rings is 1. The van der Waals surface area contributed by atoms with Gasteiger partial charge < -0.3 is 13.9 Å². The third kappa shape index (κ3) is 5.74. The predicted octanol–water partition coefficient (Wildman–Crippen LogP) is 15.8. The Hall–Kier alpha value is -7.62. The van der Waals surface area contributed by atoms with Gasteiger partial charge in [-0.2, -0.15) is 0 Å². The van der Waals surface area contributed by atoms with Gasteiger partial charge in [-0.3, -0.25) is 0 Å². The van der Waals surface area contributed by atoms with Crippen LogP contribution < -0.4 is 4.90 Å². The maximum Gasteiger partial charge on any atom is 0.145 e. The Balaban J connectivity index is 1.17. The van der Waals surface area contributed by atoms with Crippen molar-refractivity contribution < 1.29 is 4.42 Å². The number of para-hydroxylation sites is 4. The number of hydrogen-bond donors (Lipinski definition) is 0. The molecule has 280 valence electrons. The molecule has 2 aromatic heterocycles. The fraction of sp³-hybridized carbons (Fsp3) is 0.0357. The van der Waals surface area contributed by atoms with Gasteiger partial charge in [0.05, 0.1) is 27.8 Å². The summed E-state index contributed by atoms with van der Waals surface area (Å²) in [6.45, 7) is 4.45. The van der Waals surface area contributed by atoms with Gasteiger partial charge in [0.1, 0.15) is 11.2 Å². The molecule has 0 aliphatic carbocycles. The van der Waals surface area contributed by atoms with Crippen molar-refractivity contribution in [1.82, 2.24) is 4.57 Å². The summed E-state index contributed by atoms with van der Waals surface area (Å²) in [5, 5.41) is 4.63. The molecular formula is C56H40N2O. The van der Waals surface area contributed by atoms with Crippen LogP contribution in [0.15, 0.2) is 211 Å².